The van der Waals surface area contributed by atoms with E-state index in [4.69, 9.17) is 20.4 Å². The minimum Gasteiger partial charge on any atom is -0.368 e. The maximum atomic E-state index is 8.11. The van der Waals surface area contributed by atoms with Gasteiger partial charge in [-0.25, -0.2) is 0 Å². The first-order valence-electron chi connectivity index (χ1n) is 3.23. The normalized spacial score (nSPS) is 9.60. The Bertz CT molecular complexity index is 51.0. The highest BCUT2D eigenvalue weighted by atomic mass is 16.5. The van der Waals surface area contributed by atoms with Gasteiger partial charge in [-0.1, -0.05) is 13.3 Å². The van der Waals surface area contributed by atoms with Crippen molar-refractivity contribution in [3.8, 4) is 0 Å². The zero-order valence-electron chi connectivity index (χ0n) is 6.36. The lowest BCUT2D eigenvalue weighted by Crippen LogP contribution is -2.01. The lowest BCUT2D eigenvalue weighted by molar-refractivity contribution is -0.0453. The molecule has 0 saturated carbocycles. The SMILES string of the molecule is CC(O)O.CCCC(O)O. The third kappa shape index (κ3) is 45.5. The van der Waals surface area contributed by atoms with Crippen molar-refractivity contribution in [2.24, 2.45) is 0 Å². The Morgan fingerprint density at radius 3 is 1.40 bits per heavy atom. The molecular weight excluding hydrogens is 136 g/mol. The molecule has 0 amide bonds. The molecule has 64 valence electrons. The minimum atomic E-state index is -1.17. The molecule has 0 aliphatic heterocycles. The molecule has 4 N–H and O–H groups in total. The van der Waals surface area contributed by atoms with E-state index >= 15 is 0 Å². The maximum Gasteiger partial charge on any atom is 0.151 e. The summed E-state index contributed by atoms with van der Waals surface area (Å²) in [7, 11) is 0. The van der Waals surface area contributed by atoms with Crippen LogP contribution in [0.2, 0.25) is 0 Å². The second-order valence-electron chi connectivity index (χ2n) is 1.90. The summed E-state index contributed by atoms with van der Waals surface area (Å²) in [4.78, 5) is 0. The number of aliphatic hydroxyl groups excluding tert-OH is 2. The van der Waals surface area contributed by atoms with Gasteiger partial charge in [-0.3, -0.25) is 0 Å². The van der Waals surface area contributed by atoms with Crippen molar-refractivity contribution in [3.05, 3.63) is 0 Å². The van der Waals surface area contributed by atoms with Crippen LogP contribution in [0.4, 0.5) is 0 Å². The lowest BCUT2D eigenvalue weighted by Gasteiger charge is -1.94. The Morgan fingerprint density at radius 2 is 1.40 bits per heavy atom. The van der Waals surface area contributed by atoms with Crippen molar-refractivity contribution in [1.29, 1.82) is 0 Å². The number of aliphatic hydroxyl groups is 4. The quantitative estimate of drug-likeness (QED) is 0.399. The summed E-state index contributed by atoms with van der Waals surface area (Å²) in [5.41, 5.74) is 0. The van der Waals surface area contributed by atoms with Crippen LogP contribution in [0.5, 0.6) is 0 Å². The van der Waals surface area contributed by atoms with Gasteiger partial charge in [-0.15, -0.1) is 0 Å². The smallest absolute Gasteiger partial charge is 0.151 e. The fraction of sp³-hybridized carbons (Fsp3) is 1.00. The van der Waals surface area contributed by atoms with Crippen LogP contribution in [0.1, 0.15) is 26.7 Å². The minimum absolute atomic E-state index is 0.486. The molecule has 0 rings (SSSR count). The van der Waals surface area contributed by atoms with Crippen LogP contribution in [0.3, 0.4) is 0 Å². The van der Waals surface area contributed by atoms with Crippen molar-refractivity contribution in [3.63, 3.8) is 0 Å². The first-order chi connectivity index (χ1) is 4.50. The van der Waals surface area contributed by atoms with E-state index in [0.29, 0.717) is 6.42 Å². The third-order valence-electron chi connectivity index (χ3n) is 0.547. The summed E-state index contributed by atoms with van der Waals surface area (Å²) in [6.07, 6.45) is -0.951. The van der Waals surface area contributed by atoms with Gasteiger partial charge in [0.2, 0.25) is 0 Å². The van der Waals surface area contributed by atoms with Gasteiger partial charge in [-0.2, -0.15) is 0 Å². The average molecular weight is 152 g/mol. The fourth-order valence-electron chi connectivity index (χ4n) is 0.258. The molecule has 4 heteroatoms. The third-order valence-corrected chi connectivity index (χ3v) is 0.547. The maximum absolute atomic E-state index is 8.11. The molecule has 0 fully saturated rings. The van der Waals surface area contributed by atoms with E-state index in [-0.39, 0.29) is 0 Å². The highest BCUT2D eigenvalue weighted by Gasteiger charge is 1.89. The summed E-state index contributed by atoms with van der Waals surface area (Å²) in [5, 5.41) is 31.4. The van der Waals surface area contributed by atoms with Crippen LogP contribution < -0.4 is 0 Å². The highest BCUT2D eigenvalue weighted by Crippen LogP contribution is 1.88. The van der Waals surface area contributed by atoms with E-state index in [1.807, 2.05) is 6.92 Å². The monoisotopic (exact) mass is 152 g/mol. The zero-order valence-corrected chi connectivity index (χ0v) is 6.36. The van der Waals surface area contributed by atoms with Gasteiger partial charge in [0, 0.05) is 0 Å². The van der Waals surface area contributed by atoms with Crippen LogP contribution in [0.25, 0.3) is 0 Å². The lowest BCUT2D eigenvalue weighted by atomic mass is 10.3. The van der Waals surface area contributed by atoms with E-state index in [2.05, 4.69) is 0 Å². The van der Waals surface area contributed by atoms with Crippen LogP contribution in [-0.2, 0) is 0 Å². The first-order valence-corrected chi connectivity index (χ1v) is 3.23. The Kier molecular flexibility index (Phi) is 11.1. The molecule has 0 aromatic carbocycles. The molecule has 0 aromatic rings. The largest absolute Gasteiger partial charge is 0.368 e. The van der Waals surface area contributed by atoms with Gasteiger partial charge in [-0.05, 0) is 13.3 Å². The Morgan fingerprint density at radius 1 is 1.10 bits per heavy atom. The summed E-state index contributed by atoms with van der Waals surface area (Å²) in [6, 6.07) is 0. The van der Waals surface area contributed by atoms with Crippen LogP contribution >= 0.6 is 0 Å². The molecule has 0 aliphatic rings. The predicted molar refractivity (Wildman–Crippen MR) is 37.0 cm³/mol. The fourth-order valence-corrected chi connectivity index (χ4v) is 0.258. The summed E-state index contributed by atoms with van der Waals surface area (Å²) in [6.45, 7) is 3.18. The zero-order chi connectivity index (χ0) is 8.57. The van der Waals surface area contributed by atoms with Crippen molar-refractivity contribution >= 4 is 0 Å². The summed E-state index contributed by atoms with van der Waals surface area (Å²) >= 11 is 0. The van der Waals surface area contributed by atoms with Gasteiger partial charge in [0.1, 0.15) is 6.29 Å². The van der Waals surface area contributed by atoms with E-state index in [1.54, 1.807) is 0 Å². The first kappa shape index (κ1) is 12.5. The van der Waals surface area contributed by atoms with E-state index in [1.165, 1.54) is 6.92 Å². The van der Waals surface area contributed by atoms with Crippen LogP contribution in [0.15, 0.2) is 0 Å². The van der Waals surface area contributed by atoms with Crippen LogP contribution in [0, 0.1) is 0 Å². The second-order valence-corrected chi connectivity index (χ2v) is 1.90. The van der Waals surface area contributed by atoms with Crippen LogP contribution in [-0.4, -0.2) is 33.0 Å². The number of hydrogen-bond donors (Lipinski definition) is 4. The highest BCUT2D eigenvalue weighted by molar-refractivity contribution is 4.31. The Balaban J connectivity index is 0. The van der Waals surface area contributed by atoms with E-state index < -0.39 is 12.6 Å². The molecule has 0 spiro atoms. The molecule has 0 atom stereocenters. The summed E-state index contributed by atoms with van der Waals surface area (Å²) < 4.78 is 0. The average Bonchev–Trinajstić information content (AvgIpc) is 1.62. The predicted octanol–water partition coefficient (Wildman–Crippen LogP) is -0.586. The van der Waals surface area contributed by atoms with E-state index in [0.717, 1.165) is 6.42 Å². The van der Waals surface area contributed by atoms with Gasteiger partial charge in [0.15, 0.2) is 6.29 Å². The molecule has 0 bridgehead atoms. The van der Waals surface area contributed by atoms with Gasteiger partial charge >= 0.3 is 0 Å². The second kappa shape index (κ2) is 8.84. The molecular formula is C6H16O4. The summed E-state index contributed by atoms with van der Waals surface area (Å²) in [5.74, 6) is 0. The van der Waals surface area contributed by atoms with Crippen molar-refractivity contribution < 1.29 is 20.4 Å². The molecule has 4 nitrogen and oxygen atoms in total. The standard InChI is InChI=1S/C4H10O2.C2H6O2/c1-2-3-4(5)6;1-2(3)4/h4-6H,2-3H2,1H3;2-4H,1H3. The van der Waals surface area contributed by atoms with Crippen molar-refractivity contribution in [2.75, 3.05) is 0 Å². The molecule has 0 aromatic heterocycles. The van der Waals surface area contributed by atoms with Crippen molar-refractivity contribution in [1.82, 2.24) is 0 Å². The number of rotatable bonds is 2. The van der Waals surface area contributed by atoms with Gasteiger partial charge < -0.3 is 20.4 Å². The Hall–Kier alpha value is -0.160. The van der Waals surface area contributed by atoms with Crippen molar-refractivity contribution in [2.45, 2.75) is 39.3 Å². The Labute approximate surface area is 60.7 Å². The number of hydrogen-bond acceptors (Lipinski definition) is 4. The van der Waals surface area contributed by atoms with Gasteiger partial charge in [0.05, 0.1) is 0 Å². The molecule has 0 heterocycles. The topological polar surface area (TPSA) is 80.9 Å². The molecule has 0 unspecified atom stereocenters. The molecule has 0 radical (unpaired) electrons. The molecule has 0 saturated heterocycles. The van der Waals surface area contributed by atoms with E-state index in [9.17, 15) is 0 Å². The molecule has 0 aliphatic carbocycles. The van der Waals surface area contributed by atoms with Gasteiger partial charge in [0.25, 0.3) is 0 Å². The molecule has 10 heavy (non-hydrogen) atoms.